The van der Waals surface area contributed by atoms with Crippen molar-refractivity contribution < 1.29 is 4.74 Å². The van der Waals surface area contributed by atoms with Gasteiger partial charge in [-0.05, 0) is 19.4 Å². The summed E-state index contributed by atoms with van der Waals surface area (Å²) in [6, 6.07) is 0.754. The van der Waals surface area contributed by atoms with Gasteiger partial charge in [-0.2, -0.15) is 0 Å². The van der Waals surface area contributed by atoms with E-state index in [4.69, 9.17) is 4.74 Å². The van der Waals surface area contributed by atoms with Crippen LogP contribution >= 0.6 is 0 Å². The van der Waals surface area contributed by atoms with Gasteiger partial charge in [0.05, 0.1) is 6.26 Å². The predicted molar refractivity (Wildman–Crippen MR) is 39.4 cm³/mol. The lowest BCUT2D eigenvalue weighted by Crippen LogP contribution is -2.18. The summed E-state index contributed by atoms with van der Waals surface area (Å²) in [5, 5.41) is 0. The molecule has 0 amide bonds. The van der Waals surface area contributed by atoms with Gasteiger partial charge in [-0.1, -0.05) is 0 Å². The second-order valence-electron chi connectivity index (χ2n) is 3.30. The summed E-state index contributed by atoms with van der Waals surface area (Å²) in [6.45, 7) is 5.57. The van der Waals surface area contributed by atoms with Crippen LogP contribution in [0.3, 0.4) is 0 Å². The molecule has 2 heterocycles. The van der Waals surface area contributed by atoms with E-state index in [0.717, 1.165) is 12.5 Å². The molecular weight excluding hydrogens is 126 g/mol. The van der Waals surface area contributed by atoms with Crippen LogP contribution < -0.4 is 0 Å². The first-order chi connectivity index (χ1) is 4.77. The first-order valence-corrected chi connectivity index (χ1v) is 3.84. The van der Waals surface area contributed by atoms with Crippen molar-refractivity contribution in [1.82, 2.24) is 4.90 Å². The fourth-order valence-corrected chi connectivity index (χ4v) is 1.42. The van der Waals surface area contributed by atoms with E-state index >= 15 is 0 Å². The minimum absolute atomic E-state index is 0.370. The van der Waals surface area contributed by atoms with Gasteiger partial charge in [0.2, 0.25) is 0 Å². The molecule has 2 rings (SSSR count). The lowest BCUT2D eigenvalue weighted by atomic mass is 10.2. The third-order valence-corrected chi connectivity index (χ3v) is 2.20. The largest absolute Gasteiger partial charge is 0.482 e. The minimum Gasteiger partial charge on any atom is -0.482 e. The van der Waals surface area contributed by atoms with E-state index in [1.165, 1.54) is 12.1 Å². The highest BCUT2D eigenvalue weighted by atomic mass is 16.5. The van der Waals surface area contributed by atoms with Crippen molar-refractivity contribution in [1.29, 1.82) is 0 Å². The Hall–Kier alpha value is -0.500. The SMILES string of the molecule is CC1=COC(N2C[C@H]2C)C1. The van der Waals surface area contributed by atoms with Gasteiger partial charge in [0.1, 0.15) is 0 Å². The van der Waals surface area contributed by atoms with Crippen LogP contribution in [0.1, 0.15) is 20.3 Å². The number of nitrogens with zero attached hydrogens (tertiary/aromatic N) is 1. The quantitative estimate of drug-likeness (QED) is 0.508. The number of hydrogen-bond donors (Lipinski definition) is 0. The third-order valence-electron chi connectivity index (χ3n) is 2.20. The molecule has 1 fully saturated rings. The monoisotopic (exact) mass is 139 g/mol. The van der Waals surface area contributed by atoms with E-state index in [-0.39, 0.29) is 0 Å². The molecule has 0 bridgehead atoms. The van der Waals surface area contributed by atoms with Crippen LogP contribution in [-0.2, 0) is 4.74 Å². The maximum absolute atomic E-state index is 5.42. The van der Waals surface area contributed by atoms with Gasteiger partial charge in [-0.3, -0.25) is 4.90 Å². The van der Waals surface area contributed by atoms with Crippen molar-refractivity contribution in [3.8, 4) is 0 Å². The maximum atomic E-state index is 5.42. The van der Waals surface area contributed by atoms with Crippen LogP contribution in [0.4, 0.5) is 0 Å². The van der Waals surface area contributed by atoms with Gasteiger partial charge in [-0.25, -0.2) is 0 Å². The van der Waals surface area contributed by atoms with E-state index in [2.05, 4.69) is 18.7 Å². The van der Waals surface area contributed by atoms with E-state index in [1.807, 2.05) is 6.26 Å². The topological polar surface area (TPSA) is 12.2 Å². The number of hydrogen-bond acceptors (Lipinski definition) is 2. The molecule has 0 N–H and O–H groups in total. The van der Waals surface area contributed by atoms with Crippen LogP contribution in [0.2, 0.25) is 0 Å². The van der Waals surface area contributed by atoms with Gasteiger partial charge >= 0.3 is 0 Å². The van der Waals surface area contributed by atoms with Crippen molar-refractivity contribution in [3.63, 3.8) is 0 Å². The zero-order valence-electron chi connectivity index (χ0n) is 6.50. The molecule has 2 aliphatic rings. The van der Waals surface area contributed by atoms with Crippen molar-refractivity contribution in [2.45, 2.75) is 32.5 Å². The summed E-state index contributed by atoms with van der Waals surface area (Å²) >= 11 is 0. The molecule has 0 spiro atoms. The average molecular weight is 139 g/mol. The van der Waals surface area contributed by atoms with Crippen LogP contribution in [0.25, 0.3) is 0 Å². The minimum atomic E-state index is 0.370. The van der Waals surface area contributed by atoms with E-state index in [9.17, 15) is 0 Å². The second-order valence-corrected chi connectivity index (χ2v) is 3.30. The van der Waals surface area contributed by atoms with Crippen molar-refractivity contribution in [2.75, 3.05) is 6.54 Å². The standard InChI is InChI=1S/C8H13NO/c1-6-3-8(10-5-6)9-4-7(9)2/h5,7-8H,3-4H2,1-2H3/t7-,8?,9?/m1/s1. The van der Waals surface area contributed by atoms with Gasteiger partial charge in [-0.15, -0.1) is 0 Å². The normalized spacial score (nSPS) is 44.6. The summed E-state index contributed by atoms with van der Waals surface area (Å²) in [5.41, 5.74) is 1.36. The van der Waals surface area contributed by atoms with Crippen molar-refractivity contribution in [2.24, 2.45) is 0 Å². The molecule has 2 nitrogen and oxygen atoms in total. The van der Waals surface area contributed by atoms with Crippen LogP contribution in [0, 0.1) is 0 Å². The Kier molecular flexibility index (Phi) is 1.24. The van der Waals surface area contributed by atoms with E-state index in [1.54, 1.807) is 0 Å². The Labute approximate surface area is 61.5 Å². The highest BCUT2D eigenvalue weighted by Gasteiger charge is 2.38. The van der Waals surface area contributed by atoms with Crippen LogP contribution in [-0.4, -0.2) is 23.7 Å². The molecule has 2 unspecified atom stereocenters. The van der Waals surface area contributed by atoms with Gasteiger partial charge in [0, 0.05) is 19.0 Å². The molecule has 2 aliphatic heterocycles. The number of rotatable bonds is 1. The lowest BCUT2D eigenvalue weighted by molar-refractivity contribution is 0.0759. The first kappa shape index (κ1) is 6.23. The summed E-state index contributed by atoms with van der Waals surface area (Å²) < 4.78 is 5.42. The predicted octanol–water partition coefficient (Wildman–Crippen LogP) is 1.34. The smallest absolute Gasteiger partial charge is 0.155 e. The van der Waals surface area contributed by atoms with Gasteiger partial charge < -0.3 is 4.74 Å². The molecule has 0 aromatic carbocycles. The Bertz CT molecular complexity index is 176. The third kappa shape index (κ3) is 0.926. The molecule has 0 saturated carbocycles. The Morgan fingerprint density at radius 1 is 1.70 bits per heavy atom. The molecule has 1 saturated heterocycles. The van der Waals surface area contributed by atoms with Crippen LogP contribution in [0.5, 0.6) is 0 Å². The second kappa shape index (κ2) is 1.99. The summed E-state index contributed by atoms with van der Waals surface area (Å²) in [4.78, 5) is 2.37. The summed E-state index contributed by atoms with van der Waals surface area (Å²) in [5.74, 6) is 0. The van der Waals surface area contributed by atoms with E-state index < -0.39 is 0 Å². The summed E-state index contributed by atoms with van der Waals surface area (Å²) in [6.07, 6.45) is 3.36. The maximum Gasteiger partial charge on any atom is 0.155 e. The Balaban J connectivity index is 1.88. The molecule has 10 heavy (non-hydrogen) atoms. The fourth-order valence-electron chi connectivity index (χ4n) is 1.42. The Morgan fingerprint density at radius 2 is 2.40 bits per heavy atom. The average Bonchev–Trinajstić information content (AvgIpc) is 2.42. The molecule has 2 heteroatoms. The lowest BCUT2D eigenvalue weighted by Gasteiger charge is -2.10. The first-order valence-electron chi connectivity index (χ1n) is 3.84. The zero-order chi connectivity index (χ0) is 7.14. The van der Waals surface area contributed by atoms with Crippen molar-refractivity contribution in [3.05, 3.63) is 11.8 Å². The zero-order valence-corrected chi connectivity index (χ0v) is 6.50. The van der Waals surface area contributed by atoms with Crippen molar-refractivity contribution >= 4 is 0 Å². The molecule has 0 aliphatic carbocycles. The highest BCUT2D eigenvalue weighted by Crippen LogP contribution is 2.29. The van der Waals surface area contributed by atoms with Gasteiger partial charge in [0.15, 0.2) is 6.23 Å². The number of ether oxygens (including phenoxy) is 1. The molecule has 0 aromatic rings. The molecule has 56 valence electrons. The summed E-state index contributed by atoms with van der Waals surface area (Å²) in [7, 11) is 0. The highest BCUT2D eigenvalue weighted by molar-refractivity contribution is 5.04. The van der Waals surface area contributed by atoms with Crippen LogP contribution in [0.15, 0.2) is 11.8 Å². The van der Waals surface area contributed by atoms with Gasteiger partial charge in [0.25, 0.3) is 0 Å². The molecule has 3 atom stereocenters. The molecule has 0 radical (unpaired) electrons. The Morgan fingerprint density at radius 3 is 2.80 bits per heavy atom. The molecular formula is C8H13NO. The van der Waals surface area contributed by atoms with E-state index in [0.29, 0.717) is 6.23 Å². The fraction of sp³-hybridized carbons (Fsp3) is 0.750. The molecule has 0 aromatic heterocycles.